The maximum Gasteiger partial charge on any atom is 0.416 e. The van der Waals surface area contributed by atoms with Crippen LogP contribution in [0, 0.1) is 0 Å². The minimum absolute atomic E-state index is 0.165. The Morgan fingerprint density at radius 3 is 1.82 bits per heavy atom. The van der Waals surface area contributed by atoms with Crippen LogP contribution in [0.3, 0.4) is 0 Å². The van der Waals surface area contributed by atoms with E-state index in [2.05, 4.69) is 10.6 Å². The Bertz CT molecular complexity index is 859. The number of amides is 2. The lowest BCUT2D eigenvalue weighted by Crippen LogP contribution is -2.29. The van der Waals surface area contributed by atoms with Crippen LogP contribution in [0.25, 0.3) is 0 Å². The highest BCUT2D eigenvalue weighted by atomic mass is 19.4. The highest BCUT2D eigenvalue weighted by Gasteiger charge is 2.30. The van der Waals surface area contributed by atoms with Gasteiger partial charge in [-0.05, 0) is 18.2 Å². The zero-order valence-electron chi connectivity index (χ0n) is 15.1. The first-order valence-electron chi connectivity index (χ1n) is 7.79. The van der Waals surface area contributed by atoms with E-state index >= 15 is 0 Å². The molecule has 0 radical (unpaired) electrons. The zero-order valence-corrected chi connectivity index (χ0v) is 15.1. The molecule has 0 saturated carbocycles. The summed E-state index contributed by atoms with van der Waals surface area (Å²) < 4.78 is 53.6. The molecule has 0 heterocycles. The Morgan fingerprint density at radius 1 is 0.821 bits per heavy atom. The topological polar surface area (TPSA) is 85.9 Å². The van der Waals surface area contributed by atoms with Crippen molar-refractivity contribution < 1.29 is 37.0 Å². The maximum atomic E-state index is 12.7. The van der Waals surface area contributed by atoms with Gasteiger partial charge in [0.25, 0.3) is 0 Å². The number of carbonyl (C=O) groups excluding carboxylic acids is 2. The van der Waals surface area contributed by atoms with Gasteiger partial charge in [-0.1, -0.05) is 6.07 Å². The van der Waals surface area contributed by atoms with Crippen molar-refractivity contribution in [2.45, 2.75) is 6.18 Å². The van der Waals surface area contributed by atoms with E-state index in [0.29, 0.717) is 0 Å². The summed E-state index contributed by atoms with van der Waals surface area (Å²) in [6, 6.07) is 6.74. The van der Waals surface area contributed by atoms with E-state index in [0.717, 1.165) is 18.2 Å². The van der Waals surface area contributed by atoms with Gasteiger partial charge in [-0.2, -0.15) is 13.2 Å². The minimum Gasteiger partial charge on any atom is -0.493 e. The van der Waals surface area contributed by atoms with Crippen LogP contribution in [-0.4, -0.2) is 33.1 Å². The molecule has 0 unspecified atom stereocenters. The number of halogens is 3. The molecule has 0 aliphatic heterocycles. The van der Waals surface area contributed by atoms with Crippen LogP contribution in [-0.2, 0) is 15.8 Å². The van der Waals surface area contributed by atoms with Gasteiger partial charge < -0.3 is 24.8 Å². The van der Waals surface area contributed by atoms with Crippen LogP contribution in [0.5, 0.6) is 17.2 Å². The molecule has 0 atom stereocenters. The number of hydrogen-bond donors (Lipinski definition) is 2. The molecule has 150 valence electrons. The van der Waals surface area contributed by atoms with Crippen LogP contribution in [0.1, 0.15) is 5.56 Å². The van der Waals surface area contributed by atoms with Crippen molar-refractivity contribution in [3.8, 4) is 17.2 Å². The summed E-state index contributed by atoms with van der Waals surface area (Å²) in [7, 11) is 4.16. The molecule has 10 heteroatoms. The van der Waals surface area contributed by atoms with Gasteiger partial charge in [0.05, 0.1) is 26.9 Å². The van der Waals surface area contributed by atoms with E-state index in [1.54, 1.807) is 0 Å². The second kappa shape index (κ2) is 8.51. The molecule has 28 heavy (non-hydrogen) atoms. The number of ether oxygens (including phenoxy) is 3. The summed E-state index contributed by atoms with van der Waals surface area (Å²) in [5.74, 6) is -1.46. The van der Waals surface area contributed by atoms with Crippen LogP contribution in [0.15, 0.2) is 36.4 Å². The van der Waals surface area contributed by atoms with Crippen LogP contribution in [0.4, 0.5) is 24.5 Å². The van der Waals surface area contributed by atoms with Gasteiger partial charge >= 0.3 is 18.0 Å². The minimum atomic E-state index is -4.57. The zero-order chi connectivity index (χ0) is 20.9. The van der Waals surface area contributed by atoms with E-state index < -0.39 is 23.6 Å². The fourth-order valence-corrected chi connectivity index (χ4v) is 2.30. The number of methoxy groups -OCH3 is 3. The van der Waals surface area contributed by atoms with Crippen molar-refractivity contribution in [3.63, 3.8) is 0 Å². The maximum absolute atomic E-state index is 12.7. The third kappa shape index (κ3) is 4.84. The molecule has 0 aliphatic rings. The fraction of sp³-hybridized carbons (Fsp3) is 0.222. The molecule has 0 saturated heterocycles. The van der Waals surface area contributed by atoms with Crippen molar-refractivity contribution in [2.75, 3.05) is 32.0 Å². The van der Waals surface area contributed by atoms with E-state index in [9.17, 15) is 22.8 Å². The van der Waals surface area contributed by atoms with Gasteiger partial charge in [-0.15, -0.1) is 0 Å². The number of alkyl halides is 3. The molecule has 7 nitrogen and oxygen atoms in total. The van der Waals surface area contributed by atoms with Gasteiger partial charge in [-0.25, -0.2) is 0 Å². The second-order valence-electron chi connectivity index (χ2n) is 5.40. The highest BCUT2D eigenvalue weighted by Crippen LogP contribution is 2.40. The van der Waals surface area contributed by atoms with E-state index in [-0.39, 0.29) is 28.6 Å². The average molecular weight is 398 g/mol. The normalized spacial score (nSPS) is 10.8. The second-order valence-corrected chi connectivity index (χ2v) is 5.40. The number of carbonyl (C=O) groups is 2. The van der Waals surface area contributed by atoms with Gasteiger partial charge in [0.15, 0.2) is 11.5 Å². The molecule has 0 aliphatic carbocycles. The Kier molecular flexibility index (Phi) is 6.34. The quantitative estimate of drug-likeness (QED) is 0.755. The molecule has 2 aromatic carbocycles. The number of anilines is 2. The molecule has 2 rings (SSSR count). The van der Waals surface area contributed by atoms with Crippen LogP contribution < -0.4 is 24.8 Å². The van der Waals surface area contributed by atoms with E-state index in [1.807, 2.05) is 0 Å². The average Bonchev–Trinajstić information content (AvgIpc) is 2.66. The SMILES string of the molecule is COc1cc(NC(=O)C(=O)Nc2cccc(C(F)(F)F)c2)cc(OC)c1OC. The van der Waals surface area contributed by atoms with Crippen LogP contribution in [0.2, 0.25) is 0 Å². The van der Waals surface area contributed by atoms with Gasteiger partial charge in [0.1, 0.15) is 0 Å². The highest BCUT2D eigenvalue weighted by molar-refractivity contribution is 6.43. The van der Waals surface area contributed by atoms with Gasteiger partial charge in [-0.3, -0.25) is 9.59 Å². The van der Waals surface area contributed by atoms with Gasteiger partial charge in [0.2, 0.25) is 5.75 Å². The third-order valence-electron chi connectivity index (χ3n) is 3.58. The number of rotatable bonds is 5. The molecule has 2 N–H and O–H groups in total. The lowest BCUT2D eigenvalue weighted by atomic mass is 10.2. The summed E-state index contributed by atoms with van der Waals surface area (Å²) in [6.07, 6.45) is -4.57. The van der Waals surface area contributed by atoms with Crippen molar-refractivity contribution in [2.24, 2.45) is 0 Å². The lowest BCUT2D eigenvalue weighted by molar-refractivity contribution is -0.137. The third-order valence-corrected chi connectivity index (χ3v) is 3.58. The Labute approximate surface area is 158 Å². The van der Waals surface area contributed by atoms with E-state index in [1.165, 1.54) is 39.5 Å². The van der Waals surface area contributed by atoms with Gasteiger partial charge in [0, 0.05) is 23.5 Å². The van der Waals surface area contributed by atoms with Crippen molar-refractivity contribution >= 4 is 23.2 Å². The summed E-state index contributed by atoms with van der Waals surface area (Å²) >= 11 is 0. The predicted molar refractivity (Wildman–Crippen MR) is 94.8 cm³/mol. The Balaban J connectivity index is 2.16. The first-order chi connectivity index (χ1) is 13.2. The molecule has 0 aromatic heterocycles. The number of nitrogens with one attached hydrogen (secondary N) is 2. The van der Waals surface area contributed by atoms with Crippen molar-refractivity contribution in [1.29, 1.82) is 0 Å². The monoisotopic (exact) mass is 398 g/mol. The molecule has 2 aromatic rings. The van der Waals surface area contributed by atoms with Crippen molar-refractivity contribution in [1.82, 2.24) is 0 Å². The van der Waals surface area contributed by atoms with Crippen LogP contribution >= 0.6 is 0 Å². The first kappa shape index (κ1) is 20.9. The predicted octanol–water partition coefficient (Wildman–Crippen LogP) is 3.31. The molecular formula is C18H17F3N2O5. The Morgan fingerprint density at radius 2 is 1.36 bits per heavy atom. The Hall–Kier alpha value is -3.43. The summed E-state index contributed by atoms with van der Waals surface area (Å²) in [6.45, 7) is 0. The molecule has 0 spiro atoms. The standard InChI is InChI=1S/C18H17F3N2O5/c1-26-13-8-12(9-14(27-2)15(13)28-3)23-17(25)16(24)22-11-6-4-5-10(7-11)18(19,20)21/h4-9H,1-3H3,(H,22,24)(H,23,25). The molecule has 2 amide bonds. The number of hydrogen-bond acceptors (Lipinski definition) is 5. The molecule has 0 fully saturated rings. The number of benzene rings is 2. The molecular weight excluding hydrogens is 381 g/mol. The summed E-state index contributed by atoms with van der Waals surface area (Å²) in [4.78, 5) is 24.1. The summed E-state index contributed by atoms with van der Waals surface area (Å²) in [5.41, 5.74) is -0.950. The van der Waals surface area contributed by atoms with E-state index in [4.69, 9.17) is 14.2 Å². The fourth-order valence-electron chi connectivity index (χ4n) is 2.30. The molecule has 0 bridgehead atoms. The largest absolute Gasteiger partial charge is 0.493 e. The smallest absolute Gasteiger partial charge is 0.416 e. The summed E-state index contributed by atoms with van der Waals surface area (Å²) in [5, 5.41) is 4.43. The first-order valence-corrected chi connectivity index (χ1v) is 7.79. The van der Waals surface area contributed by atoms with Crippen molar-refractivity contribution in [3.05, 3.63) is 42.0 Å². The lowest BCUT2D eigenvalue weighted by Gasteiger charge is -2.14.